The van der Waals surface area contributed by atoms with Crippen molar-refractivity contribution < 1.29 is 23.5 Å². The van der Waals surface area contributed by atoms with Crippen molar-refractivity contribution in [1.29, 1.82) is 5.26 Å². The molecule has 3 rings (SSSR count). The fourth-order valence-corrected chi connectivity index (χ4v) is 3.67. The lowest BCUT2D eigenvalue weighted by Gasteiger charge is -2.10. The SMILES string of the molecule is N#Cc1cccc(NC(=O)CSc2ccccc2C(=O)OCC(=O)NCc2ccc(F)cc2)c1. The third kappa shape index (κ3) is 7.46. The first kappa shape index (κ1) is 24.5. The molecule has 0 heterocycles. The Bertz CT molecular complexity index is 1230. The molecule has 0 unspecified atom stereocenters. The standard InChI is InChI=1S/C25H20FN3O4S/c26-19-10-8-17(9-11-19)14-28-23(30)15-33-25(32)21-6-1-2-7-22(21)34-16-24(31)29-20-5-3-4-18(12-20)13-27/h1-12H,14-16H2,(H,28,30)(H,29,31). The first-order valence-electron chi connectivity index (χ1n) is 10.1. The third-order valence-electron chi connectivity index (χ3n) is 4.48. The molecule has 0 spiro atoms. The molecule has 0 saturated heterocycles. The summed E-state index contributed by atoms with van der Waals surface area (Å²) in [6, 6.07) is 20.8. The van der Waals surface area contributed by atoms with E-state index in [9.17, 15) is 18.8 Å². The molecule has 0 aliphatic rings. The second-order valence-electron chi connectivity index (χ2n) is 7.00. The Morgan fingerprint density at radius 3 is 2.50 bits per heavy atom. The summed E-state index contributed by atoms with van der Waals surface area (Å²) in [5.74, 6) is -1.84. The number of nitrogens with zero attached hydrogens (tertiary/aromatic N) is 1. The van der Waals surface area contributed by atoms with Crippen molar-refractivity contribution in [3.8, 4) is 6.07 Å². The summed E-state index contributed by atoms with van der Waals surface area (Å²) < 4.78 is 18.0. The lowest BCUT2D eigenvalue weighted by atomic mass is 10.2. The van der Waals surface area contributed by atoms with E-state index in [0.717, 1.165) is 11.8 Å². The van der Waals surface area contributed by atoms with Crippen LogP contribution in [-0.2, 0) is 20.9 Å². The number of benzene rings is 3. The third-order valence-corrected chi connectivity index (χ3v) is 5.55. The molecule has 0 atom stereocenters. The van der Waals surface area contributed by atoms with Gasteiger partial charge in [0.25, 0.3) is 5.91 Å². The van der Waals surface area contributed by atoms with Crippen molar-refractivity contribution in [3.63, 3.8) is 0 Å². The van der Waals surface area contributed by atoms with Gasteiger partial charge >= 0.3 is 5.97 Å². The van der Waals surface area contributed by atoms with Crippen molar-refractivity contribution in [2.24, 2.45) is 0 Å². The second kappa shape index (κ2) is 12.2. The predicted molar refractivity (Wildman–Crippen MR) is 125 cm³/mol. The lowest BCUT2D eigenvalue weighted by molar-refractivity contribution is -0.124. The summed E-state index contributed by atoms with van der Waals surface area (Å²) in [5, 5.41) is 14.3. The zero-order valence-electron chi connectivity index (χ0n) is 17.9. The minimum Gasteiger partial charge on any atom is -0.452 e. The van der Waals surface area contributed by atoms with Gasteiger partial charge in [-0.1, -0.05) is 30.3 Å². The first-order valence-corrected chi connectivity index (χ1v) is 11.1. The number of rotatable bonds is 9. The van der Waals surface area contributed by atoms with E-state index >= 15 is 0 Å². The summed E-state index contributed by atoms with van der Waals surface area (Å²) in [6.07, 6.45) is 0. The number of ether oxygens (including phenoxy) is 1. The fourth-order valence-electron chi connectivity index (χ4n) is 2.83. The highest BCUT2D eigenvalue weighted by Crippen LogP contribution is 2.24. The minimum absolute atomic E-state index is 0.0270. The van der Waals surface area contributed by atoms with Gasteiger partial charge in [-0.3, -0.25) is 9.59 Å². The van der Waals surface area contributed by atoms with Gasteiger partial charge in [0.15, 0.2) is 6.61 Å². The lowest BCUT2D eigenvalue weighted by Crippen LogP contribution is -2.28. The van der Waals surface area contributed by atoms with Crippen LogP contribution in [0.1, 0.15) is 21.5 Å². The highest BCUT2D eigenvalue weighted by atomic mass is 32.2. The molecular formula is C25H20FN3O4S. The number of halogens is 1. The van der Waals surface area contributed by atoms with Crippen molar-refractivity contribution in [2.75, 3.05) is 17.7 Å². The smallest absolute Gasteiger partial charge is 0.339 e. The number of anilines is 1. The van der Waals surface area contributed by atoms with Gasteiger partial charge in [-0.25, -0.2) is 9.18 Å². The van der Waals surface area contributed by atoms with Crippen molar-refractivity contribution in [1.82, 2.24) is 5.32 Å². The van der Waals surface area contributed by atoms with Crippen LogP contribution in [0.5, 0.6) is 0 Å². The molecule has 9 heteroatoms. The van der Waals surface area contributed by atoms with Gasteiger partial charge in [0, 0.05) is 17.1 Å². The van der Waals surface area contributed by atoms with Crippen LogP contribution < -0.4 is 10.6 Å². The van der Waals surface area contributed by atoms with E-state index < -0.39 is 18.5 Å². The Morgan fingerprint density at radius 2 is 1.74 bits per heavy atom. The van der Waals surface area contributed by atoms with Crippen LogP contribution in [0.4, 0.5) is 10.1 Å². The quantitative estimate of drug-likeness (QED) is 0.357. The van der Waals surface area contributed by atoms with Crippen molar-refractivity contribution in [3.05, 3.63) is 95.3 Å². The van der Waals surface area contributed by atoms with E-state index in [1.165, 1.54) is 12.1 Å². The number of esters is 1. The van der Waals surface area contributed by atoms with E-state index in [0.29, 0.717) is 21.7 Å². The molecule has 0 fully saturated rings. The van der Waals surface area contributed by atoms with E-state index in [2.05, 4.69) is 10.6 Å². The molecule has 3 aromatic carbocycles. The Hall–Kier alpha value is -4.16. The molecule has 2 N–H and O–H groups in total. The highest BCUT2D eigenvalue weighted by Gasteiger charge is 2.16. The Kier molecular flexibility index (Phi) is 8.77. The molecule has 0 aliphatic heterocycles. The Morgan fingerprint density at radius 1 is 0.971 bits per heavy atom. The Balaban J connectivity index is 1.49. The van der Waals surface area contributed by atoms with Crippen molar-refractivity contribution >= 4 is 35.2 Å². The van der Waals surface area contributed by atoms with Gasteiger partial charge in [0.05, 0.1) is 22.9 Å². The van der Waals surface area contributed by atoms with Gasteiger partial charge in [0.2, 0.25) is 5.91 Å². The average molecular weight is 478 g/mol. The summed E-state index contributed by atoms with van der Waals surface area (Å²) >= 11 is 1.15. The maximum absolute atomic E-state index is 12.9. The molecule has 0 saturated carbocycles. The van der Waals surface area contributed by atoms with Crippen LogP contribution in [0.15, 0.2) is 77.7 Å². The van der Waals surface area contributed by atoms with Crippen molar-refractivity contribution in [2.45, 2.75) is 11.4 Å². The van der Waals surface area contributed by atoms with E-state index in [1.54, 1.807) is 60.7 Å². The minimum atomic E-state index is -0.692. The largest absolute Gasteiger partial charge is 0.452 e. The summed E-state index contributed by atoms with van der Waals surface area (Å²) in [4.78, 5) is 37.3. The number of carbonyl (C=O) groups is 3. The number of hydrogen-bond acceptors (Lipinski definition) is 6. The number of carbonyl (C=O) groups excluding carboxylic acids is 3. The molecule has 34 heavy (non-hydrogen) atoms. The van der Waals surface area contributed by atoms with Gasteiger partial charge in [-0.15, -0.1) is 11.8 Å². The monoisotopic (exact) mass is 477 g/mol. The number of thioether (sulfide) groups is 1. The highest BCUT2D eigenvalue weighted by molar-refractivity contribution is 8.00. The molecule has 0 aromatic heterocycles. The van der Waals surface area contributed by atoms with Gasteiger partial charge in [0.1, 0.15) is 5.82 Å². The van der Waals surface area contributed by atoms with E-state index in [-0.39, 0.29) is 29.6 Å². The zero-order valence-corrected chi connectivity index (χ0v) is 18.7. The molecule has 0 bridgehead atoms. The predicted octanol–water partition coefficient (Wildman–Crippen LogP) is 3.90. The molecule has 2 amide bonds. The second-order valence-corrected chi connectivity index (χ2v) is 8.02. The zero-order chi connectivity index (χ0) is 24.3. The molecule has 172 valence electrons. The topological polar surface area (TPSA) is 108 Å². The fraction of sp³-hybridized carbons (Fsp3) is 0.120. The van der Waals surface area contributed by atoms with E-state index in [4.69, 9.17) is 10.00 Å². The molecule has 3 aromatic rings. The molecule has 7 nitrogen and oxygen atoms in total. The Labute approximate surface area is 199 Å². The number of hydrogen-bond donors (Lipinski definition) is 2. The molecule has 0 aliphatic carbocycles. The van der Waals surface area contributed by atoms with Crippen LogP contribution in [0.3, 0.4) is 0 Å². The maximum Gasteiger partial charge on any atom is 0.339 e. The van der Waals surface area contributed by atoms with Crippen LogP contribution in [0.25, 0.3) is 0 Å². The van der Waals surface area contributed by atoms with Crippen LogP contribution in [0.2, 0.25) is 0 Å². The summed E-state index contributed by atoms with van der Waals surface area (Å²) in [7, 11) is 0. The number of nitrogens with one attached hydrogen (secondary N) is 2. The van der Waals surface area contributed by atoms with Gasteiger partial charge in [-0.05, 0) is 48.0 Å². The maximum atomic E-state index is 12.9. The van der Waals surface area contributed by atoms with Crippen LogP contribution in [-0.4, -0.2) is 30.1 Å². The summed E-state index contributed by atoms with van der Waals surface area (Å²) in [5.41, 5.74) is 1.88. The number of nitriles is 1. The normalized spacial score (nSPS) is 10.1. The molecular weight excluding hydrogens is 457 g/mol. The van der Waals surface area contributed by atoms with E-state index in [1.807, 2.05) is 6.07 Å². The van der Waals surface area contributed by atoms with Crippen LogP contribution in [0, 0.1) is 17.1 Å². The summed E-state index contributed by atoms with van der Waals surface area (Å²) in [6.45, 7) is -0.301. The van der Waals surface area contributed by atoms with Crippen LogP contribution >= 0.6 is 11.8 Å². The van der Waals surface area contributed by atoms with Gasteiger partial charge in [-0.2, -0.15) is 5.26 Å². The first-order chi connectivity index (χ1) is 16.4. The van der Waals surface area contributed by atoms with Gasteiger partial charge < -0.3 is 15.4 Å². The molecule has 0 radical (unpaired) electrons. The average Bonchev–Trinajstić information content (AvgIpc) is 2.86. The number of amides is 2.